The van der Waals surface area contributed by atoms with Crippen molar-refractivity contribution in [3.05, 3.63) is 106 Å². The van der Waals surface area contributed by atoms with Crippen LogP contribution in [-0.2, 0) is 17.6 Å². The largest absolute Gasteiger partial charge is 0.355 e. The molecule has 0 N–H and O–H groups in total. The Morgan fingerprint density at radius 2 is 1.70 bits per heavy atom. The van der Waals surface area contributed by atoms with Gasteiger partial charge in [0.2, 0.25) is 5.91 Å². The van der Waals surface area contributed by atoms with Crippen molar-refractivity contribution < 1.29 is 4.79 Å². The molecule has 8 heteroatoms. The van der Waals surface area contributed by atoms with E-state index in [0.717, 1.165) is 34.4 Å². The molecule has 0 spiro atoms. The minimum Gasteiger partial charge on any atom is -0.349 e. The number of hydrogen-bond donors (Lipinski definition) is 0. The Labute approximate surface area is 264 Å². The highest BCUT2D eigenvalue weighted by Crippen LogP contribution is 2.37. The Balaban J connectivity index is 0.00000384. The lowest BCUT2D eigenvalue weighted by Crippen LogP contribution is -2.58. The molecule has 4 aromatic rings. The number of piperazine rings is 1. The Hall–Kier alpha value is -4.23. The maximum atomic E-state index is 14.3. The molecule has 2 aromatic carbocycles. The van der Waals surface area contributed by atoms with E-state index in [1.807, 2.05) is 43.0 Å². The molecule has 2 aliphatic rings. The summed E-state index contributed by atoms with van der Waals surface area (Å²) in [5, 5.41) is 1.19. The lowest BCUT2D eigenvalue weighted by atomic mass is 9.95. The molecule has 6 rings (SSSR count). The van der Waals surface area contributed by atoms with Gasteiger partial charge in [-0.25, -0.2) is 14.3 Å². The number of nitrogens with zero attached hydrogens (tertiary/aromatic N) is 5. The second-order valence-corrected chi connectivity index (χ2v) is 12.2. The van der Waals surface area contributed by atoms with E-state index in [1.165, 1.54) is 6.08 Å². The van der Waals surface area contributed by atoms with Gasteiger partial charge in [-0.1, -0.05) is 94.1 Å². The summed E-state index contributed by atoms with van der Waals surface area (Å²) in [5.41, 5.74) is 5.73. The van der Waals surface area contributed by atoms with Crippen LogP contribution in [0.15, 0.2) is 78.1 Å². The quantitative estimate of drug-likeness (QED) is 0.183. The van der Waals surface area contributed by atoms with Gasteiger partial charge in [0, 0.05) is 30.7 Å². The van der Waals surface area contributed by atoms with Gasteiger partial charge in [-0.2, -0.15) is 4.98 Å². The molecule has 2 aliphatic heterocycles. The van der Waals surface area contributed by atoms with Crippen molar-refractivity contribution in [3.8, 4) is 16.9 Å². The van der Waals surface area contributed by atoms with Crippen LogP contribution in [-0.4, -0.2) is 50.5 Å². The molecule has 0 radical (unpaired) electrons. The van der Waals surface area contributed by atoms with Crippen molar-refractivity contribution in [1.82, 2.24) is 19.4 Å². The molecule has 0 saturated carbocycles. The van der Waals surface area contributed by atoms with E-state index in [4.69, 9.17) is 21.6 Å². The van der Waals surface area contributed by atoms with Crippen LogP contribution in [0.25, 0.3) is 28.0 Å². The number of carbonyl (C=O) groups is 1. The summed E-state index contributed by atoms with van der Waals surface area (Å²) in [6, 6.07) is 16.1. The molecule has 2 aromatic heterocycles. The van der Waals surface area contributed by atoms with Crippen molar-refractivity contribution in [2.45, 2.75) is 66.0 Å². The number of allylic oxidation sites excluding steroid dienone is 2. The lowest BCUT2D eigenvalue weighted by molar-refractivity contribution is -0.128. The van der Waals surface area contributed by atoms with Crippen LogP contribution in [0.3, 0.4) is 0 Å². The van der Waals surface area contributed by atoms with Crippen LogP contribution < -0.4 is 10.6 Å². The number of carbonyl (C=O) groups excluding carboxylic acids is 1. The molecular formula is C36H40ClN5O2. The minimum atomic E-state index is -0.392. The van der Waals surface area contributed by atoms with Crippen LogP contribution in [0.1, 0.15) is 57.7 Å². The number of anilines is 1. The van der Waals surface area contributed by atoms with Gasteiger partial charge < -0.3 is 9.80 Å². The van der Waals surface area contributed by atoms with Gasteiger partial charge in [-0.3, -0.25) is 4.79 Å². The van der Waals surface area contributed by atoms with Gasteiger partial charge in [0.05, 0.1) is 21.8 Å². The fourth-order valence-corrected chi connectivity index (χ4v) is 6.68. The van der Waals surface area contributed by atoms with Gasteiger partial charge in [-0.15, -0.1) is 0 Å². The first-order valence-electron chi connectivity index (χ1n) is 14.9. The third kappa shape index (κ3) is 5.34. The average Bonchev–Trinajstić information content (AvgIpc) is 2.99. The number of rotatable bonds is 3. The predicted molar refractivity (Wildman–Crippen MR) is 181 cm³/mol. The zero-order valence-corrected chi connectivity index (χ0v) is 25.8. The first-order valence-corrected chi connectivity index (χ1v) is 15.3. The van der Waals surface area contributed by atoms with Crippen LogP contribution in [0, 0.1) is 0 Å². The number of fused-ring (bicyclic) bond motifs is 5. The van der Waals surface area contributed by atoms with Crippen molar-refractivity contribution >= 4 is 34.4 Å². The molecule has 2 atom stereocenters. The number of pyridine rings is 1. The van der Waals surface area contributed by atoms with Crippen LogP contribution in [0.5, 0.6) is 0 Å². The topological polar surface area (TPSA) is 71.3 Å². The molecule has 228 valence electrons. The van der Waals surface area contributed by atoms with Crippen LogP contribution in [0.2, 0.25) is 5.02 Å². The zero-order chi connectivity index (χ0) is 30.4. The van der Waals surface area contributed by atoms with Gasteiger partial charge in [-0.05, 0) is 61.4 Å². The fraction of sp³-hybridized carbons (Fsp3) is 0.333. The molecular weight excluding hydrogens is 570 g/mol. The van der Waals surface area contributed by atoms with Crippen LogP contribution in [0.4, 0.5) is 5.82 Å². The number of amides is 1. The summed E-state index contributed by atoms with van der Waals surface area (Å²) < 4.78 is 1.69. The summed E-state index contributed by atoms with van der Waals surface area (Å²) in [6.45, 7) is 13.0. The third-order valence-corrected chi connectivity index (χ3v) is 8.92. The number of hydrogen-bond acceptors (Lipinski definition) is 5. The van der Waals surface area contributed by atoms with Gasteiger partial charge in [0.1, 0.15) is 5.82 Å². The molecule has 1 saturated heterocycles. The highest BCUT2D eigenvalue weighted by Gasteiger charge is 2.34. The van der Waals surface area contributed by atoms with Gasteiger partial charge in [0.15, 0.2) is 5.65 Å². The van der Waals surface area contributed by atoms with Crippen LogP contribution >= 0.6 is 11.6 Å². The zero-order valence-electron chi connectivity index (χ0n) is 25.0. The molecule has 44 heavy (non-hydrogen) atoms. The van der Waals surface area contributed by atoms with E-state index in [-0.39, 0.29) is 31.3 Å². The third-order valence-electron chi connectivity index (χ3n) is 8.63. The average molecular weight is 610 g/mol. The maximum Gasteiger partial charge on any atom is 0.355 e. The Kier molecular flexibility index (Phi) is 8.80. The smallest absolute Gasteiger partial charge is 0.349 e. The monoisotopic (exact) mass is 609 g/mol. The molecule has 0 aliphatic carbocycles. The van der Waals surface area contributed by atoms with E-state index < -0.39 is 5.69 Å². The van der Waals surface area contributed by atoms with E-state index in [9.17, 15) is 9.59 Å². The lowest BCUT2D eigenvalue weighted by Gasteiger charge is -2.44. The van der Waals surface area contributed by atoms with Crippen molar-refractivity contribution in [2.75, 3.05) is 18.0 Å². The maximum absolute atomic E-state index is 14.3. The molecule has 7 nitrogen and oxygen atoms in total. The summed E-state index contributed by atoms with van der Waals surface area (Å²) in [6.07, 6.45) is 7.10. The number of aromatic nitrogens is 3. The van der Waals surface area contributed by atoms with E-state index in [0.29, 0.717) is 47.1 Å². The highest BCUT2D eigenvalue weighted by molar-refractivity contribution is 6.34. The van der Waals surface area contributed by atoms with Crippen molar-refractivity contribution in [1.29, 1.82) is 0 Å². The summed E-state index contributed by atoms with van der Waals surface area (Å²) in [5.74, 6) is 0.594. The predicted octanol–water partition coefficient (Wildman–Crippen LogP) is 7.13. The first-order chi connectivity index (χ1) is 20.7. The molecule has 4 heterocycles. The molecule has 2 bridgehead atoms. The van der Waals surface area contributed by atoms with E-state index in [2.05, 4.69) is 61.7 Å². The standard InChI is InChI=1S/C35H36ClN5O2.CH4/c1-6-30(42)39-19-23(5)40(20-22(39)4)33-28-18-29(36)31-27-16-10-9-13-24(27)12-7-8-14-25-15-11-17-26(21(2)3)32(25)41(34(28)37-31)35(43)38-33;/h6-11,13,15-18,21-23H,1,12,14,19-20H2,2-5H3;1H4/b8-7-;/t22-,23+;/m1./s1. The summed E-state index contributed by atoms with van der Waals surface area (Å²) >= 11 is 7.06. The summed E-state index contributed by atoms with van der Waals surface area (Å²) in [7, 11) is 0. The molecule has 1 amide bonds. The van der Waals surface area contributed by atoms with Gasteiger partial charge >= 0.3 is 5.69 Å². The summed E-state index contributed by atoms with van der Waals surface area (Å²) in [4.78, 5) is 40.7. The Morgan fingerprint density at radius 3 is 2.43 bits per heavy atom. The number of benzene rings is 2. The molecule has 0 unspecified atom stereocenters. The normalized spacial score (nSPS) is 18.6. The second kappa shape index (κ2) is 12.4. The van der Waals surface area contributed by atoms with E-state index in [1.54, 1.807) is 4.57 Å². The molecule has 1 fully saturated rings. The van der Waals surface area contributed by atoms with Gasteiger partial charge in [0.25, 0.3) is 0 Å². The van der Waals surface area contributed by atoms with E-state index >= 15 is 0 Å². The SMILES string of the molecule is C.C=CC(=O)N1C[C@H](C)N(c2nc(=O)n3c4nc(c(Cl)cc24)-c2ccccc2C/C=C\Cc2cccc(C(C)C)c2-3)C[C@H]1C. The number of halogens is 1. The fourth-order valence-electron chi connectivity index (χ4n) is 6.43. The first kappa shape index (κ1) is 31.2. The Morgan fingerprint density at radius 1 is 1.00 bits per heavy atom. The minimum absolute atomic E-state index is 0. The second-order valence-electron chi connectivity index (χ2n) is 11.8. The Bertz CT molecular complexity index is 1840. The van der Waals surface area contributed by atoms with Crippen molar-refractivity contribution in [3.63, 3.8) is 0 Å². The highest BCUT2D eigenvalue weighted by atomic mass is 35.5. The van der Waals surface area contributed by atoms with Crippen molar-refractivity contribution in [2.24, 2.45) is 0 Å². The number of para-hydroxylation sites is 1.